The van der Waals surface area contributed by atoms with E-state index in [2.05, 4.69) is 30.5 Å². The third-order valence-corrected chi connectivity index (χ3v) is 4.86. The second-order valence-electron chi connectivity index (χ2n) is 7.71. The first-order valence-electron chi connectivity index (χ1n) is 9.92. The lowest BCUT2D eigenvalue weighted by Crippen LogP contribution is -2.41. The first-order valence-corrected chi connectivity index (χ1v) is 9.92. The fraction of sp³-hybridized carbons (Fsp3) is 0.500. The van der Waals surface area contributed by atoms with E-state index in [0.717, 1.165) is 25.9 Å². The normalized spacial score (nSPS) is 17.3. The van der Waals surface area contributed by atoms with Crippen LogP contribution < -0.4 is 16.4 Å². The van der Waals surface area contributed by atoms with Gasteiger partial charge >= 0.3 is 0 Å². The van der Waals surface area contributed by atoms with Crippen LogP contribution in [-0.4, -0.2) is 45.4 Å². The van der Waals surface area contributed by atoms with E-state index < -0.39 is 0 Å². The van der Waals surface area contributed by atoms with Gasteiger partial charge in [-0.2, -0.15) is 15.0 Å². The molecule has 1 aromatic carbocycles. The number of hydrogen-bond acceptors (Lipinski definition) is 7. The van der Waals surface area contributed by atoms with Gasteiger partial charge < -0.3 is 16.4 Å². The van der Waals surface area contributed by atoms with Crippen LogP contribution in [0.25, 0.3) is 0 Å². The van der Waals surface area contributed by atoms with Crippen molar-refractivity contribution in [2.45, 2.75) is 33.2 Å². The SMILES string of the molecule is CC(C)C(=O)NCC1CCCN(Cc2nc(N)nc(Nc3ccc(F)cc3)n2)C1. The van der Waals surface area contributed by atoms with Gasteiger partial charge in [0.05, 0.1) is 6.54 Å². The van der Waals surface area contributed by atoms with E-state index in [0.29, 0.717) is 36.5 Å². The molecule has 3 rings (SSSR count). The van der Waals surface area contributed by atoms with E-state index in [1.54, 1.807) is 12.1 Å². The van der Waals surface area contributed by atoms with Gasteiger partial charge in [-0.1, -0.05) is 13.8 Å². The number of amides is 1. The second-order valence-corrected chi connectivity index (χ2v) is 7.71. The quantitative estimate of drug-likeness (QED) is 0.653. The summed E-state index contributed by atoms with van der Waals surface area (Å²) in [6, 6.07) is 5.94. The van der Waals surface area contributed by atoms with Gasteiger partial charge in [0.2, 0.25) is 17.8 Å². The highest BCUT2D eigenvalue weighted by molar-refractivity contribution is 5.77. The fourth-order valence-electron chi connectivity index (χ4n) is 3.34. The van der Waals surface area contributed by atoms with Crippen LogP contribution in [0.4, 0.5) is 22.0 Å². The van der Waals surface area contributed by atoms with E-state index in [9.17, 15) is 9.18 Å². The number of aromatic nitrogens is 3. The molecule has 0 saturated carbocycles. The molecule has 29 heavy (non-hydrogen) atoms. The first-order chi connectivity index (χ1) is 13.9. The predicted octanol–water partition coefficient (Wildman–Crippen LogP) is 2.32. The molecule has 8 nitrogen and oxygen atoms in total. The van der Waals surface area contributed by atoms with Crippen molar-refractivity contribution < 1.29 is 9.18 Å². The predicted molar refractivity (Wildman–Crippen MR) is 110 cm³/mol. The van der Waals surface area contributed by atoms with Gasteiger partial charge in [0, 0.05) is 24.7 Å². The maximum absolute atomic E-state index is 13.1. The lowest BCUT2D eigenvalue weighted by molar-refractivity contribution is -0.124. The Kier molecular flexibility index (Phi) is 6.92. The molecule has 1 atom stereocenters. The Balaban J connectivity index is 1.59. The van der Waals surface area contributed by atoms with E-state index >= 15 is 0 Å². The number of carbonyl (C=O) groups is 1. The van der Waals surface area contributed by atoms with Crippen LogP contribution in [0.3, 0.4) is 0 Å². The molecule has 0 bridgehead atoms. The van der Waals surface area contributed by atoms with Gasteiger partial charge in [-0.25, -0.2) is 4.39 Å². The van der Waals surface area contributed by atoms with E-state index in [4.69, 9.17) is 5.73 Å². The van der Waals surface area contributed by atoms with E-state index in [1.807, 2.05) is 13.8 Å². The number of carbonyl (C=O) groups excluding carboxylic acids is 1. The minimum atomic E-state index is -0.310. The van der Waals surface area contributed by atoms with Gasteiger partial charge in [-0.3, -0.25) is 9.69 Å². The van der Waals surface area contributed by atoms with E-state index in [1.165, 1.54) is 12.1 Å². The smallest absolute Gasteiger partial charge is 0.232 e. The zero-order valence-corrected chi connectivity index (χ0v) is 16.9. The molecule has 0 radical (unpaired) electrons. The van der Waals surface area contributed by atoms with Crippen LogP contribution in [0.2, 0.25) is 0 Å². The Bertz CT molecular complexity index is 828. The van der Waals surface area contributed by atoms with Crippen LogP contribution in [0.5, 0.6) is 0 Å². The molecule has 0 aliphatic carbocycles. The Morgan fingerprint density at radius 2 is 2.03 bits per heavy atom. The number of anilines is 3. The van der Waals surface area contributed by atoms with Crippen molar-refractivity contribution in [1.29, 1.82) is 0 Å². The van der Waals surface area contributed by atoms with Gasteiger partial charge in [0.25, 0.3) is 0 Å². The standard InChI is InChI=1S/C20H28FN7O/c1-13(2)18(29)23-10-14-4-3-9-28(11-14)12-17-25-19(22)27-20(26-17)24-16-7-5-15(21)6-8-16/h5-8,13-14H,3-4,9-12H2,1-2H3,(H,23,29)(H3,22,24,25,26,27). The lowest BCUT2D eigenvalue weighted by Gasteiger charge is -2.32. The summed E-state index contributed by atoms with van der Waals surface area (Å²) in [7, 11) is 0. The summed E-state index contributed by atoms with van der Waals surface area (Å²) in [5.41, 5.74) is 6.52. The zero-order chi connectivity index (χ0) is 20.8. The molecular formula is C20H28FN7O. The number of likely N-dealkylation sites (tertiary alicyclic amines) is 1. The summed E-state index contributed by atoms with van der Waals surface area (Å²) >= 11 is 0. The summed E-state index contributed by atoms with van der Waals surface area (Å²) in [5, 5.41) is 6.05. The number of hydrogen-bond donors (Lipinski definition) is 3. The molecule has 2 aromatic rings. The van der Waals surface area contributed by atoms with Gasteiger partial charge in [0.15, 0.2) is 0 Å². The third-order valence-electron chi connectivity index (χ3n) is 4.86. The largest absolute Gasteiger partial charge is 0.368 e. The summed E-state index contributed by atoms with van der Waals surface area (Å²) in [4.78, 5) is 26.9. The summed E-state index contributed by atoms with van der Waals surface area (Å²) in [6.07, 6.45) is 2.15. The number of nitrogens with one attached hydrogen (secondary N) is 2. The topological polar surface area (TPSA) is 109 Å². The zero-order valence-electron chi connectivity index (χ0n) is 16.9. The number of rotatable bonds is 7. The summed E-state index contributed by atoms with van der Waals surface area (Å²) in [5.74, 6) is 1.22. The maximum Gasteiger partial charge on any atom is 0.232 e. The number of benzene rings is 1. The Morgan fingerprint density at radius 1 is 1.28 bits per heavy atom. The minimum absolute atomic E-state index is 0.00471. The molecule has 1 aliphatic rings. The van der Waals surface area contributed by atoms with Gasteiger partial charge in [-0.15, -0.1) is 0 Å². The van der Waals surface area contributed by atoms with Crippen molar-refractivity contribution in [3.05, 3.63) is 35.9 Å². The number of halogens is 1. The van der Waals surface area contributed by atoms with Crippen LogP contribution >= 0.6 is 0 Å². The lowest BCUT2D eigenvalue weighted by atomic mass is 9.97. The molecule has 156 valence electrons. The highest BCUT2D eigenvalue weighted by Crippen LogP contribution is 2.19. The van der Waals surface area contributed by atoms with Crippen LogP contribution in [0.15, 0.2) is 24.3 Å². The van der Waals surface area contributed by atoms with Crippen molar-refractivity contribution in [3.8, 4) is 0 Å². The molecule has 1 saturated heterocycles. The average Bonchev–Trinajstić information content (AvgIpc) is 2.67. The van der Waals surface area contributed by atoms with Crippen molar-refractivity contribution >= 4 is 23.5 Å². The highest BCUT2D eigenvalue weighted by atomic mass is 19.1. The monoisotopic (exact) mass is 401 g/mol. The molecule has 1 aliphatic heterocycles. The number of nitrogens with zero attached hydrogens (tertiary/aromatic N) is 4. The third kappa shape index (κ3) is 6.35. The molecule has 1 aromatic heterocycles. The minimum Gasteiger partial charge on any atom is -0.368 e. The number of nitrogen functional groups attached to an aromatic ring is 1. The molecule has 4 N–H and O–H groups in total. The Morgan fingerprint density at radius 3 is 2.76 bits per heavy atom. The highest BCUT2D eigenvalue weighted by Gasteiger charge is 2.22. The molecule has 2 heterocycles. The first kappa shape index (κ1) is 20.9. The summed E-state index contributed by atoms with van der Waals surface area (Å²) < 4.78 is 13.1. The number of piperidine rings is 1. The molecule has 0 spiro atoms. The Labute approximate surface area is 170 Å². The molecule has 1 amide bonds. The van der Waals surface area contributed by atoms with Crippen molar-refractivity contribution in [3.63, 3.8) is 0 Å². The number of nitrogens with two attached hydrogens (primary N) is 1. The van der Waals surface area contributed by atoms with Crippen molar-refractivity contribution in [1.82, 2.24) is 25.2 Å². The average molecular weight is 401 g/mol. The molecule has 1 unspecified atom stereocenters. The van der Waals surface area contributed by atoms with E-state index in [-0.39, 0.29) is 23.6 Å². The summed E-state index contributed by atoms with van der Waals surface area (Å²) in [6.45, 7) is 6.84. The second kappa shape index (κ2) is 9.60. The molecular weight excluding hydrogens is 373 g/mol. The van der Waals surface area contributed by atoms with Crippen LogP contribution in [0, 0.1) is 17.7 Å². The maximum atomic E-state index is 13.1. The van der Waals surface area contributed by atoms with Gasteiger partial charge in [-0.05, 0) is 49.6 Å². The van der Waals surface area contributed by atoms with Crippen molar-refractivity contribution in [2.24, 2.45) is 11.8 Å². The Hall–Kier alpha value is -2.81. The molecule has 9 heteroatoms. The van der Waals surface area contributed by atoms with Crippen LogP contribution in [-0.2, 0) is 11.3 Å². The van der Waals surface area contributed by atoms with Crippen LogP contribution in [0.1, 0.15) is 32.5 Å². The molecule has 1 fully saturated rings. The van der Waals surface area contributed by atoms with Gasteiger partial charge in [0.1, 0.15) is 11.6 Å². The fourth-order valence-corrected chi connectivity index (χ4v) is 3.34. The van der Waals surface area contributed by atoms with Crippen molar-refractivity contribution in [2.75, 3.05) is 30.7 Å².